The molecule has 0 saturated heterocycles. The summed E-state index contributed by atoms with van der Waals surface area (Å²) in [5.74, 6) is 1.59. The number of ether oxygens (including phenoxy) is 1. The minimum atomic E-state index is 0.295. The van der Waals surface area contributed by atoms with Crippen LogP contribution in [-0.4, -0.2) is 43.3 Å². The number of aryl methyl sites for hydroxylation is 1. The highest BCUT2D eigenvalue weighted by molar-refractivity contribution is 5.45. The van der Waals surface area contributed by atoms with Gasteiger partial charge in [0.05, 0.1) is 12.6 Å². The number of hydrogen-bond donors (Lipinski definition) is 1. The lowest BCUT2D eigenvalue weighted by molar-refractivity contribution is 0.181. The Morgan fingerprint density at radius 3 is 2.71 bits per heavy atom. The maximum atomic E-state index is 5.19. The van der Waals surface area contributed by atoms with E-state index in [-0.39, 0.29) is 0 Å². The summed E-state index contributed by atoms with van der Waals surface area (Å²) in [4.78, 5) is 11.0. The van der Waals surface area contributed by atoms with Gasteiger partial charge < -0.3 is 15.0 Å². The normalized spacial score (nSPS) is 12.3. The number of hydrogen-bond acceptors (Lipinski definition) is 5. The molecule has 0 fully saturated rings. The van der Waals surface area contributed by atoms with Crippen molar-refractivity contribution in [1.82, 2.24) is 9.97 Å². The van der Waals surface area contributed by atoms with E-state index in [1.165, 1.54) is 0 Å². The molecule has 1 atom stereocenters. The first-order valence-corrected chi connectivity index (χ1v) is 5.91. The molecule has 96 valence electrons. The maximum absolute atomic E-state index is 5.19. The van der Waals surface area contributed by atoms with Gasteiger partial charge in [0.25, 0.3) is 0 Å². The largest absolute Gasteiger partial charge is 0.383 e. The van der Waals surface area contributed by atoms with Crippen molar-refractivity contribution >= 4 is 11.8 Å². The summed E-state index contributed by atoms with van der Waals surface area (Å²) in [7, 11) is 3.54. The smallest absolute Gasteiger partial charge is 0.224 e. The molecule has 0 aliphatic carbocycles. The molecule has 1 N–H and O–H groups in total. The van der Waals surface area contributed by atoms with Crippen molar-refractivity contribution in [1.29, 1.82) is 0 Å². The lowest BCUT2D eigenvalue weighted by Crippen LogP contribution is -2.36. The third-order valence-corrected chi connectivity index (χ3v) is 2.64. The quantitative estimate of drug-likeness (QED) is 0.817. The Kier molecular flexibility index (Phi) is 5.15. The number of likely N-dealkylation sites (N-methyl/N-ethyl adjacent to an activating group) is 1. The van der Waals surface area contributed by atoms with Crippen LogP contribution < -0.4 is 10.2 Å². The molecule has 0 aliphatic rings. The summed E-state index contributed by atoms with van der Waals surface area (Å²) in [6.45, 7) is 7.79. The fourth-order valence-corrected chi connectivity index (χ4v) is 1.84. The number of methoxy groups -OCH3 is 1. The van der Waals surface area contributed by atoms with Gasteiger partial charge in [-0.25, -0.2) is 4.98 Å². The summed E-state index contributed by atoms with van der Waals surface area (Å²) >= 11 is 0. The molecule has 1 rings (SSSR count). The van der Waals surface area contributed by atoms with Crippen molar-refractivity contribution in [3.63, 3.8) is 0 Å². The average Bonchev–Trinajstić information content (AvgIpc) is 2.29. The Morgan fingerprint density at radius 1 is 1.47 bits per heavy atom. The SMILES string of the molecule is CCN(c1cc(C)nc(NC)n1)C(C)COC. The highest BCUT2D eigenvalue weighted by atomic mass is 16.5. The first-order valence-electron chi connectivity index (χ1n) is 5.91. The van der Waals surface area contributed by atoms with Gasteiger partial charge in [-0.05, 0) is 20.8 Å². The molecule has 0 spiro atoms. The Balaban J connectivity index is 2.98. The van der Waals surface area contributed by atoms with E-state index in [1.54, 1.807) is 7.11 Å². The molecular weight excluding hydrogens is 216 g/mol. The van der Waals surface area contributed by atoms with Crippen LogP contribution in [0.2, 0.25) is 0 Å². The molecule has 0 amide bonds. The average molecular weight is 238 g/mol. The van der Waals surface area contributed by atoms with Crippen molar-refractivity contribution in [2.45, 2.75) is 26.8 Å². The van der Waals surface area contributed by atoms with Crippen LogP contribution in [0.1, 0.15) is 19.5 Å². The molecule has 0 aliphatic heterocycles. The number of anilines is 2. The molecule has 1 aromatic heterocycles. The molecule has 1 aromatic rings. The van der Waals surface area contributed by atoms with Gasteiger partial charge >= 0.3 is 0 Å². The minimum absolute atomic E-state index is 0.295. The van der Waals surface area contributed by atoms with Crippen molar-refractivity contribution in [2.24, 2.45) is 0 Å². The minimum Gasteiger partial charge on any atom is -0.383 e. The number of nitrogens with zero attached hydrogens (tertiary/aromatic N) is 3. The highest BCUT2D eigenvalue weighted by Crippen LogP contribution is 2.17. The van der Waals surface area contributed by atoms with E-state index in [2.05, 4.69) is 34.0 Å². The summed E-state index contributed by atoms with van der Waals surface area (Å²) in [5.41, 5.74) is 0.961. The molecule has 5 heteroatoms. The van der Waals surface area contributed by atoms with E-state index >= 15 is 0 Å². The fourth-order valence-electron chi connectivity index (χ4n) is 1.84. The summed E-state index contributed by atoms with van der Waals surface area (Å²) < 4.78 is 5.19. The van der Waals surface area contributed by atoms with Crippen LogP contribution >= 0.6 is 0 Å². The van der Waals surface area contributed by atoms with Crippen LogP contribution in [0.3, 0.4) is 0 Å². The number of aromatic nitrogens is 2. The second kappa shape index (κ2) is 6.39. The molecule has 0 aromatic carbocycles. The topological polar surface area (TPSA) is 50.3 Å². The zero-order valence-electron chi connectivity index (χ0n) is 11.3. The molecular formula is C12H22N4O. The van der Waals surface area contributed by atoms with Crippen LogP contribution in [0.15, 0.2) is 6.07 Å². The second-order valence-corrected chi connectivity index (χ2v) is 4.03. The van der Waals surface area contributed by atoms with Gasteiger partial charge in [0, 0.05) is 32.5 Å². The van der Waals surface area contributed by atoms with Crippen molar-refractivity contribution in [3.8, 4) is 0 Å². The lowest BCUT2D eigenvalue weighted by atomic mass is 10.3. The summed E-state index contributed by atoms with van der Waals surface area (Å²) in [6, 6.07) is 2.29. The van der Waals surface area contributed by atoms with Gasteiger partial charge in [0.1, 0.15) is 5.82 Å². The van der Waals surface area contributed by atoms with Crippen LogP contribution in [-0.2, 0) is 4.74 Å². The van der Waals surface area contributed by atoms with Crippen LogP contribution in [0.25, 0.3) is 0 Å². The van der Waals surface area contributed by atoms with E-state index in [0.717, 1.165) is 18.1 Å². The first kappa shape index (κ1) is 13.7. The zero-order chi connectivity index (χ0) is 12.8. The van der Waals surface area contributed by atoms with Gasteiger partial charge in [-0.2, -0.15) is 4.98 Å². The first-order chi connectivity index (χ1) is 8.12. The van der Waals surface area contributed by atoms with Gasteiger partial charge in [-0.1, -0.05) is 0 Å². The summed E-state index contributed by atoms with van der Waals surface area (Å²) in [5, 5.41) is 2.98. The van der Waals surface area contributed by atoms with E-state index in [0.29, 0.717) is 18.6 Å². The Labute approximate surface area is 103 Å². The summed E-state index contributed by atoms with van der Waals surface area (Å²) in [6.07, 6.45) is 0. The predicted octanol–water partition coefficient (Wildman–Crippen LogP) is 1.69. The molecule has 0 radical (unpaired) electrons. The van der Waals surface area contributed by atoms with Crippen LogP contribution in [0, 0.1) is 6.92 Å². The maximum Gasteiger partial charge on any atom is 0.224 e. The van der Waals surface area contributed by atoms with E-state index in [1.807, 2.05) is 20.0 Å². The van der Waals surface area contributed by atoms with Crippen molar-refractivity contribution in [2.75, 3.05) is 37.5 Å². The zero-order valence-corrected chi connectivity index (χ0v) is 11.3. The van der Waals surface area contributed by atoms with Crippen molar-refractivity contribution < 1.29 is 4.74 Å². The third kappa shape index (κ3) is 3.56. The predicted molar refractivity (Wildman–Crippen MR) is 70.7 cm³/mol. The standard InChI is InChI=1S/C12H22N4O/c1-6-16(10(3)8-17-5)11-7-9(2)14-12(13-4)15-11/h7,10H,6,8H2,1-5H3,(H,13,14,15). The van der Waals surface area contributed by atoms with Gasteiger partial charge in [0.15, 0.2) is 0 Å². The third-order valence-electron chi connectivity index (χ3n) is 2.64. The van der Waals surface area contributed by atoms with Crippen molar-refractivity contribution in [3.05, 3.63) is 11.8 Å². The van der Waals surface area contributed by atoms with Crippen LogP contribution in [0.4, 0.5) is 11.8 Å². The van der Waals surface area contributed by atoms with E-state index in [9.17, 15) is 0 Å². The Bertz CT molecular complexity index is 356. The molecule has 0 saturated carbocycles. The fraction of sp³-hybridized carbons (Fsp3) is 0.667. The molecule has 1 heterocycles. The second-order valence-electron chi connectivity index (χ2n) is 4.03. The Morgan fingerprint density at radius 2 is 2.18 bits per heavy atom. The Hall–Kier alpha value is -1.36. The van der Waals surface area contributed by atoms with Gasteiger partial charge in [0.2, 0.25) is 5.95 Å². The molecule has 0 bridgehead atoms. The van der Waals surface area contributed by atoms with E-state index < -0.39 is 0 Å². The number of rotatable bonds is 6. The van der Waals surface area contributed by atoms with Gasteiger partial charge in [-0.15, -0.1) is 0 Å². The molecule has 5 nitrogen and oxygen atoms in total. The lowest BCUT2D eigenvalue weighted by Gasteiger charge is -2.28. The van der Waals surface area contributed by atoms with Gasteiger partial charge in [-0.3, -0.25) is 0 Å². The van der Waals surface area contributed by atoms with E-state index in [4.69, 9.17) is 4.74 Å². The number of nitrogens with one attached hydrogen (secondary N) is 1. The molecule has 1 unspecified atom stereocenters. The monoisotopic (exact) mass is 238 g/mol. The molecule has 17 heavy (non-hydrogen) atoms. The van der Waals surface area contributed by atoms with Crippen LogP contribution in [0.5, 0.6) is 0 Å². The highest BCUT2D eigenvalue weighted by Gasteiger charge is 2.15.